The minimum atomic E-state index is -3.57. The van der Waals surface area contributed by atoms with E-state index in [1.807, 2.05) is 30.3 Å². The molecule has 1 N–H and O–H groups in total. The molecule has 1 aliphatic carbocycles. The van der Waals surface area contributed by atoms with Crippen LogP contribution in [0.5, 0.6) is 0 Å². The Bertz CT molecular complexity index is 951. The van der Waals surface area contributed by atoms with Gasteiger partial charge in [-0.1, -0.05) is 49.6 Å². The Labute approximate surface area is 167 Å². The van der Waals surface area contributed by atoms with E-state index >= 15 is 0 Å². The maximum Gasteiger partial charge on any atom is 0.243 e. The average molecular weight is 401 g/mol. The maximum atomic E-state index is 13.2. The number of nitrogens with one attached hydrogen (secondary N) is 1. The number of fused-ring (bicyclic) bond motifs is 1. The van der Waals surface area contributed by atoms with Gasteiger partial charge in [0, 0.05) is 25.0 Å². The minimum absolute atomic E-state index is 0.0984. The first-order valence-corrected chi connectivity index (χ1v) is 11.8. The smallest absolute Gasteiger partial charge is 0.243 e. The molecule has 1 aliphatic heterocycles. The summed E-state index contributed by atoms with van der Waals surface area (Å²) in [5.74, 6) is 0.205. The Morgan fingerprint density at radius 2 is 1.68 bits per heavy atom. The quantitative estimate of drug-likeness (QED) is 0.851. The molecular formula is C22H28N2O3S. The summed E-state index contributed by atoms with van der Waals surface area (Å²) in [4.78, 5) is 12.9. The highest BCUT2D eigenvalue weighted by molar-refractivity contribution is 7.89. The van der Waals surface area contributed by atoms with E-state index in [1.54, 1.807) is 12.1 Å². The molecule has 0 unspecified atom stereocenters. The van der Waals surface area contributed by atoms with Gasteiger partial charge in [-0.25, -0.2) is 8.42 Å². The van der Waals surface area contributed by atoms with E-state index in [9.17, 15) is 13.2 Å². The third kappa shape index (κ3) is 4.08. The lowest BCUT2D eigenvalue weighted by Crippen LogP contribution is -2.50. The molecule has 28 heavy (non-hydrogen) atoms. The number of piperidine rings is 1. The second-order valence-corrected chi connectivity index (χ2v) is 9.99. The Balaban J connectivity index is 1.47. The van der Waals surface area contributed by atoms with Gasteiger partial charge in [-0.2, -0.15) is 4.31 Å². The van der Waals surface area contributed by atoms with Crippen molar-refractivity contribution < 1.29 is 13.2 Å². The van der Waals surface area contributed by atoms with Gasteiger partial charge < -0.3 is 5.32 Å². The van der Waals surface area contributed by atoms with Crippen LogP contribution in [0.25, 0.3) is 10.8 Å². The van der Waals surface area contributed by atoms with Gasteiger partial charge in [-0.15, -0.1) is 0 Å². The Morgan fingerprint density at radius 3 is 2.46 bits per heavy atom. The molecule has 6 heteroatoms. The van der Waals surface area contributed by atoms with Crippen LogP contribution in [0, 0.1) is 5.92 Å². The molecule has 0 bridgehead atoms. The van der Waals surface area contributed by atoms with Crippen molar-refractivity contribution in [3.05, 3.63) is 42.5 Å². The van der Waals surface area contributed by atoms with E-state index in [0.29, 0.717) is 18.0 Å². The molecule has 5 nitrogen and oxygen atoms in total. The first-order chi connectivity index (χ1) is 13.5. The zero-order chi connectivity index (χ0) is 19.6. The van der Waals surface area contributed by atoms with Gasteiger partial charge in [-0.3, -0.25) is 4.79 Å². The van der Waals surface area contributed by atoms with Crippen LogP contribution in [-0.4, -0.2) is 37.8 Å². The number of amides is 1. The molecule has 1 atom stereocenters. The standard InChI is InChI=1S/C22H28N2O3S/c25-22(18-8-2-1-3-9-18)23-20-11-6-14-24(16-20)28(26,27)21-13-12-17-7-4-5-10-19(17)15-21/h4-5,7,10,12-13,15,18,20H,1-3,6,8-9,11,14,16H2,(H,23,25)/t20-/m1/s1. The number of carbonyl (C=O) groups is 1. The molecule has 2 aromatic rings. The minimum Gasteiger partial charge on any atom is -0.352 e. The molecule has 2 aromatic carbocycles. The number of sulfonamides is 1. The lowest BCUT2D eigenvalue weighted by molar-refractivity contribution is -0.126. The van der Waals surface area contributed by atoms with Crippen molar-refractivity contribution in [1.29, 1.82) is 0 Å². The molecule has 1 amide bonds. The van der Waals surface area contributed by atoms with Crippen molar-refractivity contribution >= 4 is 26.7 Å². The Morgan fingerprint density at radius 1 is 0.929 bits per heavy atom. The van der Waals surface area contributed by atoms with Crippen LogP contribution in [0.1, 0.15) is 44.9 Å². The molecule has 1 saturated carbocycles. The van der Waals surface area contributed by atoms with Crippen LogP contribution >= 0.6 is 0 Å². The molecule has 1 heterocycles. The lowest BCUT2D eigenvalue weighted by atomic mass is 9.88. The molecule has 0 spiro atoms. The number of carbonyl (C=O) groups excluding carboxylic acids is 1. The summed E-state index contributed by atoms with van der Waals surface area (Å²) in [7, 11) is -3.57. The molecule has 150 valence electrons. The van der Waals surface area contributed by atoms with Gasteiger partial charge in [0.15, 0.2) is 0 Å². The van der Waals surface area contributed by atoms with E-state index in [0.717, 1.165) is 49.3 Å². The summed E-state index contributed by atoms with van der Waals surface area (Å²) in [5, 5.41) is 5.07. The van der Waals surface area contributed by atoms with Gasteiger partial charge in [0.25, 0.3) is 0 Å². The highest BCUT2D eigenvalue weighted by Crippen LogP contribution is 2.26. The van der Waals surface area contributed by atoms with Crippen LogP contribution < -0.4 is 5.32 Å². The summed E-state index contributed by atoms with van der Waals surface area (Å²) in [6.45, 7) is 0.860. The van der Waals surface area contributed by atoms with E-state index in [2.05, 4.69) is 5.32 Å². The summed E-state index contributed by atoms with van der Waals surface area (Å²) < 4.78 is 27.9. The molecule has 2 fully saturated rings. The molecule has 1 saturated heterocycles. The van der Waals surface area contributed by atoms with Crippen LogP contribution in [0.4, 0.5) is 0 Å². The van der Waals surface area contributed by atoms with Crippen LogP contribution in [0.3, 0.4) is 0 Å². The van der Waals surface area contributed by atoms with Gasteiger partial charge in [-0.05, 0) is 48.6 Å². The zero-order valence-corrected chi connectivity index (χ0v) is 17.0. The van der Waals surface area contributed by atoms with Crippen molar-refractivity contribution in [1.82, 2.24) is 9.62 Å². The van der Waals surface area contributed by atoms with E-state index < -0.39 is 10.0 Å². The third-order valence-electron chi connectivity index (χ3n) is 6.07. The van der Waals surface area contributed by atoms with E-state index in [1.165, 1.54) is 10.7 Å². The predicted molar refractivity (Wildman–Crippen MR) is 110 cm³/mol. The number of nitrogens with zero attached hydrogens (tertiary/aromatic N) is 1. The molecule has 0 aromatic heterocycles. The largest absolute Gasteiger partial charge is 0.352 e. The highest BCUT2D eigenvalue weighted by Gasteiger charge is 2.32. The second kappa shape index (κ2) is 8.21. The van der Waals surface area contributed by atoms with Crippen molar-refractivity contribution in [2.75, 3.05) is 13.1 Å². The fourth-order valence-corrected chi connectivity index (χ4v) is 6.00. The first-order valence-electron chi connectivity index (χ1n) is 10.3. The van der Waals surface area contributed by atoms with E-state index in [-0.39, 0.29) is 17.9 Å². The molecule has 2 aliphatic rings. The monoisotopic (exact) mass is 400 g/mol. The molecule has 0 radical (unpaired) electrons. The summed E-state index contributed by atoms with van der Waals surface area (Å²) in [6, 6.07) is 12.9. The highest BCUT2D eigenvalue weighted by atomic mass is 32.2. The number of hydrogen-bond acceptors (Lipinski definition) is 3. The normalized spacial score (nSPS) is 22.2. The van der Waals surface area contributed by atoms with Crippen LogP contribution in [0.15, 0.2) is 47.4 Å². The second-order valence-electron chi connectivity index (χ2n) is 8.05. The molecule has 4 rings (SSSR count). The first kappa shape index (κ1) is 19.4. The van der Waals surface area contributed by atoms with E-state index in [4.69, 9.17) is 0 Å². The summed E-state index contributed by atoms with van der Waals surface area (Å²) in [5.41, 5.74) is 0. The van der Waals surface area contributed by atoms with Gasteiger partial charge in [0.1, 0.15) is 0 Å². The van der Waals surface area contributed by atoms with Gasteiger partial charge in [0.05, 0.1) is 4.90 Å². The predicted octanol–water partition coefficient (Wildman–Crippen LogP) is 3.69. The molecular weight excluding hydrogens is 372 g/mol. The van der Waals surface area contributed by atoms with Crippen LogP contribution in [0.2, 0.25) is 0 Å². The summed E-state index contributed by atoms with van der Waals surface area (Å²) in [6.07, 6.45) is 6.96. The Hall–Kier alpha value is -1.92. The lowest BCUT2D eigenvalue weighted by Gasteiger charge is -2.33. The fraction of sp³-hybridized carbons (Fsp3) is 0.500. The Kier molecular flexibility index (Phi) is 5.69. The van der Waals surface area contributed by atoms with Crippen molar-refractivity contribution in [2.45, 2.75) is 55.9 Å². The van der Waals surface area contributed by atoms with Gasteiger partial charge in [0.2, 0.25) is 15.9 Å². The SMILES string of the molecule is O=C(N[C@@H]1CCCN(S(=O)(=O)c2ccc3ccccc3c2)C1)C1CCCCC1. The van der Waals surface area contributed by atoms with Crippen molar-refractivity contribution in [2.24, 2.45) is 5.92 Å². The summed E-state index contributed by atoms with van der Waals surface area (Å²) >= 11 is 0. The topological polar surface area (TPSA) is 66.5 Å². The average Bonchev–Trinajstić information content (AvgIpc) is 2.74. The van der Waals surface area contributed by atoms with Gasteiger partial charge >= 0.3 is 0 Å². The number of rotatable bonds is 4. The maximum absolute atomic E-state index is 13.2. The van der Waals surface area contributed by atoms with Crippen molar-refractivity contribution in [3.63, 3.8) is 0 Å². The third-order valence-corrected chi connectivity index (χ3v) is 7.93. The zero-order valence-electron chi connectivity index (χ0n) is 16.1. The number of hydrogen-bond donors (Lipinski definition) is 1. The van der Waals surface area contributed by atoms with Crippen molar-refractivity contribution in [3.8, 4) is 0 Å². The van der Waals surface area contributed by atoms with Crippen LogP contribution in [-0.2, 0) is 14.8 Å². The number of benzene rings is 2. The fourth-order valence-electron chi connectivity index (χ4n) is 4.44.